The number of hydrogen-bond acceptors (Lipinski definition) is 5. The van der Waals surface area contributed by atoms with Crippen molar-refractivity contribution in [2.24, 2.45) is 0 Å². The van der Waals surface area contributed by atoms with Crippen molar-refractivity contribution in [2.75, 3.05) is 25.1 Å². The summed E-state index contributed by atoms with van der Waals surface area (Å²) in [6.45, 7) is 6.50. The lowest BCUT2D eigenvalue weighted by molar-refractivity contribution is 0.0525. The Morgan fingerprint density at radius 3 is 1.91 bits per heavy atom. The first-order chi connectivity index (χ1) is 10.5. The van der Waals surface area contributed by atoms with Gasteiger partial charge in [-0.25, -0.2) is 9.59 Å². The van der Waals surface area contributed by atoms with Gasteiger partial charge in [0.2, 0.25) is 0 Å². The Kier molecular flexibility index (Phi) is 7.31. The van der Waals surface area contributed by atoms with E-state index in [4.69, 9.17) is 21.7 Å². The normalized spacial score (nSPS) is 9.77. The van der Waals surface area contributed by atoms with Gasteiger partial charge >= 0.3 is 11.9 Å². The first-order valence-electron chi connectivity index (χ1n) is 7.05. The van der Waals surface area contributed by atoms with E-state index in [2.05, 4.69) is 10.6 Å². The van der Waals surface area contributed by atoms with Crippen molar-refractivity contribution in [3.05, 3.63) is 29.3 Å². The van der Waals surface area contributed by atoms with Gasteiger partial charge < -0.3 is 20.1 Å². The lowest BCUT2D eigenvalue weighted by Crippen LogP contribution is -2.28. The van der Waals surface area contributed by atoms with Crippen molar-refractivity contribution >= 4 is 35.0 Å². The van der Waals surface area contributed by atoms with E-state index < -0.39 is 11.9 Å². The Bertz CT molecular complexity index is 524. The molecule has 0 unspecified atom stereocenters. The van der Waals surface area contributed by atoms with Crippen LogP contribution in [0.4, 0.5) is 5.69 Å². The van der Waals surface area contributed by atoms with Crippen molar-refractivity contribution < 1.29 is 19.1 Å². The van der Waals surface area contributed by atoms with Crippen LogP contribution in [0.25, 0.3) is 0 Å². The molecule has 0 heterocycles. The molecule has 0 aliphatic heterocycles. The summed E-state index contributed by atoms with van der Waals surface area (Å²) >= 11 is 5.10. The van der Waals surface area contributed by atoms with Gasteiger partial charge in [-0.1, -0.05) is 0 Å². The van der Waals surface area contributed by atoms with E-state index in [1.165, 1.54) is 6.07 Å². The molecule has 0 saturated heterocycles. The highest BCUT2D eigenvalue weighted by Gasteiger charge is 2.15. The number of benzene rings is 1. The van der Waals surface area contributed by atoms with Crippen LogP contribution in [0.15, 0.2) is 18.2 Å². The van der Waals surface area contributed by atoms with Gasteiger partial charge in [-0.2, -0.15) is 0 Å². The van der Waals surface area contributed by atoms with Gasteiger partial charge in [0.25, 0.3) is 0 Å². The third-order valence-electron chi connectivity index (χ3n) is 2.55. The highest BCUT2D eigenvalue weighted by molar-refractivity contribution is 7.80. The van der Waals surface area contributed by atoms with E-state index >= 15 is 0 Å². The highest BCUT2D eigenvalue weighted by Crippen LogP contribution is 2.17. The molecule has 0 radical (unpaired) electrons. The molecule has 0 fully saturated rings. The molecule has 1 aromatic carbocycles. The fraction of sp³-hybridized carbons (Fsp3) is 0.400. The maximum atomic E-state index is 11.9. The molecule has 1 aromatic rings. The van der Waals surface area contributed by atoms with Crippen LogP contribution >= 0.6 is 12.2 Å². The Hall–Kier alpha value is -2.15. The molecular formula is C15H20N2O4S. The lowest BCUT2D eigenvalue weighted by atomic mass is 10.1. The number of carbonyl (C=O) groups excluding carboxylic acids is 2. The summed E-state index contributed by atoms with van der Waals surface area (Å²) in [5.74, 6) is -1.02. The molecule has 0 aromatic heterocycles. The SMILES string of the molecule is CCNC(=S)Nc1cc(C(=O)OCC)cc(C(=O)OCC)c1. The number of rotatable bonds is 6. The van der Waals surface area contributed by atoms with Crippen LogP contribution in [-0.4, -0.2) is 36.8 Å². The summed E-state index contributed by atoms with van der Waals surface area (Å²) in [6, 6.07) is 4.59. The van der Waals surface area contributed by atoms with Crippen LogP contribution < -0.4 is 10.6 Å². The van der Waals surface area contributed by atoms with Crippen LogP contribution in [0.2, 0.25) is 0 Å². The predicted octanol–water partition coefficient (Wildman–Crippen LogP) is 2.35. The number of hydrogen-bond donors (Lipinski definition) is 2. The van der Waals surface area contributed by atoms with Crippen LogP contribution in [-0.2, 0) is 9.47 Å². The maximum absolute atomic E-state index is 11.9. The minimum atomic E-state index is -0.508. The number of nitrogens with one attached hydrogen (secondary N) is 2. The average molecular weight is 324 g/mol. The van der Waals surface area contributed by atoms with Gasteiger partial charge in [0, 0.05) is 12.2 Å². The van der Waals surface area contributed by atoms with E-state index in [0.717, 1.165) is 0 Å². The summed E-state index contributed by atoms with van der Waals surface area (Å²) in [4.78, 5) is 23.8. The van der Waals surface area contributed by atoms with Crippen molar-refractivity contribution in [2.45, 2.75) is 20.8 Å². The number of anilines is 1. The van der Waals surface area contributed by atoms with Crippen LogP contribution in [0.3, 0.4) is 0 Å². The average Bonchev–Trinajstić information content (AvgIpc) is 2.47. The molecule has 0 bridgehead atoms. The zero-order chi connectivity index (χ0) is 16.5. The molecule has 2 N–H and O–H groups in total. The Morgan fingerprint density at radius 2 is 1.50 bits per heavy atom. The molecule has 0 aliphatic rings. The standard InChI is InChI=1S/C15H20N2O4S/c1-4-16-15(22)17-12-8-10(13(18)20-5-2)7-11(9-12)14(19)21-6-3/h7-9H,4-6H2,1-3H3,(H2,16,17,22). The van der Waals surface area contributed by atoms with Gasteiger partial charge in [0.1, 0.15) is 0 Å². The van der Waals surface area contributed by atoms with Gasteiger partial charge in [-0.15, -0.1) is 0 Å². The fourth-order valence-corrected chi connectivity index (χ4v) is 1.96. The quantitative estimate of drug-likeness (QED) is 0.614. The summed E-state index contributed by atoms with van der Waals surface area (Å²) < 4.78 is 9.93. The molecule has 120 valence electrons. The van der Waals surface area contributed by atoms with E-state index in [9.17, 15) is 9.59 Å². The maximum Gasteiger partial charge on any atom is 0.338 e. The van der Waals surface area contributed by atoms with Gasteiger partial charge in [-0.3, -0.25) is 0 Å². The number of carbonyl (C=O) groups is 2. The summed E-state index contributed by atoms with van der Waals surface area (Å²) in [7, 11) is 0. The Morgan fingerprint density at radius 1 is 1.00 bits per heavy atom. The molecule has 0 amide bonds. The molecule has 0 aliphatic carbocycles. The van der Waals surface area contributed by atoms with E-state index in [1.54, 1.807) is 26.0 Å². The molecule has 0 saturated carbocycles. The number of ether oxygens (including phenoxy) is 2. The van der Waals surface area contributed by atoms with Gasteiger partial charge in [0.05, 0.1) is 24.3 Å². The van der Waals surface area contributed by atoms with E-state index in [1.807, 2.05) is 6.92 Å². The number of thiocarbonyl (C=S) groups is 1. The topological polar surface area (TPSA) is 76.7 Å². The zero-order valence-electron chi connectivity index (χ0n) is 12.9. The van der Waals surface area contributed by atoms with E-state index in [-0.39, 0.29) is 24.3 Å². The van der Waals surface area contributed by atoms with Crippen LogP contribution in [0.1, 0.15) is 41.5 Å². The molecule has 0 spiro atoms. The second-order valence-electron chi connectivity index (χ2n) is 4.22. The minimum absolute atomic E-state index is 0.251. The smallest absolute Gasteiger partial charge is 0.338 e. The Balaban J connectivity index is 3.11. The highest BCUT2D eigenvalue weighted by atomic mass is 32.1. The zero-order valence-corrected chi connectivity index (χ0v) is 13.7. The van der Waals surface area contributed by atoms with Crippen LogP contribution in [0.5, 0.6) is 0 Å². The third kappa shape index (κ3) is 5.33. The first kappa shape index (κ1) is 17.9. The Labute approximate surface area is 135 Å². The van der Waals surface area contributed by atoms with Crippen molar-refractivity contribution in [3.8, 4) is 0 Å². The molecule has 0 atom stereocenters. The fourth-order valence-electron chi connectivity index (χ4n) is 1.70. The second kappa shape index (κ2) is 8.99. The minimum Gasteiger partial charge on any atom is -0.462 e. The first-order valence-corrected chi connectivity index (χ1v) is 7.46. The molecule has 6 nitrogen and oxygen atoms in total. The number of esters is 2. The van der Waals surface area contributed by atoms with Gasteiger partial charge in [-0.05, 0) is 51.2 Å². The van der Waals surface area contributed by atoms with E-state index in [0.29, 0.717) is 17.3 Å². The lowest BCUT2D eigenvalue weighted by Gasteiger charge is -2.12. The molecule has 22 heavy (non-hydrogen) atoms. The molecule has 7 heteroatoms. The molecule has 1 rings (SSSR count). The third-order valence-corrected chi connectivity index (χ3v) is 2.80. The largest absolute Gasteiger partial charge is 0.462 e. The monoisotopic (exact) mass is 324 g/mol. The van der Waals surface area contributed by atoms with Gasteiger partial charge in [0.15, 0.2) is 5.11 Å². The van der Waals surface area contributed by atoms with Crippen molar-refractivity contribution in [1.82, 2.24) is 5.32 Å². The van der Waals surface area contributed by atoms with Crippen molar-refractivity contribution in [1.29, 1.82) is 0 Å². The summed E-state index contributed by atoms with van der Waals surface area (Å²) in [6.07, 6.45) is 0. The predicted molar refractivity (Wildman–Crippen MR) is 88.3 cm³/mol. The van der Waals surface area contributed by atoms with Crippen LogP contribution in [0, 0.1) is 0 Å². The second-order valence-corrected chi connectivity index (χ2v) is 4.63. The summed E-state index contributed by atoms with van der Waals surface area (Å²) in [5, 5.41) is 6.25. The summed E-state index contributed by atoms with van der Waals surface area (Å²) in [5.41, 5.74) is 1.03. The van der Waals surface area contributed by atoms with Crippen molar-refractivity contribution in [3.63, 3.8) is 0 Å². The molecular weight excluding hydrogens is 304 g/mol.